The van der Waals surface area contributed by atoms with Gasteiger partial charge in [-0.1, -0.05) is 6.92 Å². The number of hydrazine groups is 1. The van der Waals surface area contributed by atoms with E-state index in [-0.39, 0.29) is 5.82 Å². The van der Waals surface area contributed by atoms with E-state index in [9.17, 15) is 4.79 Å². The quantitative estimate of drug-likeness (QED) is 0.318. The topological polar surface area (TPSA) is 96.7 Å². The van der Waals surface area contributed by atoms with Crippen LogP contribution in [0.2, 0.25) is 0 Å². The van der Waals surface area contributed by atoms with E-state index in [1.165, 1.54) is 0 Å². The van der Waals surface area contributed by atoms with Gasteiger partial charge < -0.3 is 0 Å². The highest BCUT2D eigenvalue weighted by molar-refractivity contribution is 5.89. The highest BCUT2D eigenvalue weighted by atomic mass is 16.2. The zero-order valence-corrected chi connectivity index (χ0v) is 6.79. The first-order valence-electron chi connectivity index (χ1n) is 3.70. The van der Waals surface area contributed by atoms with Crippen LogP contribution in [0.4, 0.5) is 0 Å². The van der Waals surface area contributed by atoms with E-state index in [4.69, 9.17) is 5.84 Å². The number of carbonyl (C=O) groups is 1. The van der Waals surface area contributed by atoms with Gasteiger partial charge in [0, 0.05) is 6.42 Å². The number of rotatable bonds is 3. The van der Waals surface area contributed by atoms with Gasteiger partial charge >= 0.3 is 5.91 Å². The number of aryl methyl sites for hydroxylation is 1. The molecule has 6 heteroatoms. The van der Waals surface area contributed by atoms with Crippen molar-refractivity contribution in [3.63, 3.8) is 0 Å². The Morgan fingerprint density at radius 1 is 1.75 bits per heavy atom. The molecule has 4 N–H and O–H groups in total. The van der Waals surface area contributed by atoms with Gasteiger partial charge in [0.2, 0.25) is 5.82 Å². The van der Waals surface area contributed by atoms with Crippen molar-refractivity contribution in [1.29, 1.82) is 0 Å². The van der Waals surface area contributed by atoms with Gasteiger partial charge in [0.25, 0.3) is 0 Å². The lowest BCUT2D eigenvalue weighted by Crippen LogP contribution is -2.30. The van der Waals surface area contributed by atoms with Crippen molar-refractivity contribution in [2.45, 2.75) is 19.8 Å². The molecule has 1 aromatic rings. The van der Waals surface area contributed by atoms with Crippen molar-refractivity contribution < 1.29 is 4.79 Å². The molecule has 1 heterocycles. The third-order valence-electron chi connectivity index (χ3n) is 1.35. The summed E-state index contributed by atoms with van der Waals surface area (Å²) in [6.07, 6.45) is 1.74. The molecule has 0 saturated heterocycles. The van der Waals surface area contributed by atoms with Crippen LogP contribution >= 0.6 is 0 Å². The number of amides is 1. The number of nitrogens with zero attached hydrogens (tertiary/aromatic N) is 2. The number of nitrogen functional groups attached to an aromatic ring is 1. The Bertz CT molecular complexity index is 269. The molecule has 0 unspecified atom stereocenters. The van der Waals surface area contributed by atoms with Crippen LogP contribution in [0.3, 0.4) is 0 Å². The molecule has 0 bridgehead atoms. The monoisotopic (exact) mass is 169 g/mol. The summed E-state index contributed by atoms with van der Waals surface area (Å²) in [5.74, 6) is 5.20. The number of nitrogens with one attached hydrogen (secondary N) is 2. The van der Waals surface area contributed by atoms with Gasteiger partial charge in [0.05, 0.1) is 0 Å². The molecule has 0 atom stereocenters. The SMILES string of the molecule is CCCc1nc(C(=O)NN)n[nH]1. The molecule has 0 spiro atoms. The highest BCUT2D eigenvalue weighted by Crippen LogP contribution is 1.95. The van der Waals surface area contributed by atoms with Crippen LogP contribution in [-0.2, 0) is 6.42 Å². The third-order valence-corrected chi connectivity index (χ3v) is 1.35. The van der Waals surface area contributed by atoms with E-state index >= 15 is 0 Å². The molecule has 0 aromatic carbocycles. The van der Waals surface area contributed by atoms with Gasteiger partial charge in [-0.3, -0.25) is 15.3 Å². The molecule has 12 heavy (non-hydrogen) atoms. The van der Waals surface area contributed by atoms with E-state index in [0.717, 1.165) is 12.8 Å². The smallest absolute Gasteiger partial charge is 0.287 e. The van der Waals surface area contributed by atoms with Crippen molar-refractivity contribution >= 4 is 5.91 Å². The average Bonchev–Trinajstić information content (AvgIpc) is 2.52. The van der Waals surface area contributed by atoms with Gasteiger partial charge in [-0.05, 0) is 6.42 Å². The lowest BCUT2D eigenvalue weighted by Gasteiger charge is -1.89. The normalized spacial score (nSPS) is 9.83. The average molecular weight is 169 g/mol. The summed E-state index contributed by atoms with van der Waals surface area (Å²) in [7, 11) is 0. The summed E-state index contributed by atoms with van der Waals surface area (Å²) < 4.78 is 0. The Balaban J connectivity index is 2.70. The van der Waals surface area contributed by atoms with Crippen LogP contribution in [0.15, 0.2) is 0 Å². The van der Waals surface area contributed by atoms with E-state index in [1.807, 2.05) is 12.3 Å². The number of carbonyl (C=O) groups excluding carboxylic acids is 1. The Morgan fingerprint density at radius 3 is 3.08 bits per heavy atom. The number of aromatic nitrogens is 3. The van der Waals surface area contributed by atoms with Crippen LogP contribution in [0, 0.1) is 0 Å². The number of hydrogen-bond acceptors (Lipinski definition) is 4. The molecule has 0 aliphatic carbocycles. The van der Waals surface area contributed by atoms with Crippen LogP contribution in [0.5, 0.6) is 0 Å². The number of aromatic amines is 1. The fourth-order valence-corrected chi connectivity index (χ4v) is 0.810. The molecule has 0 radical (unpaired) electrons. The zero-order valence-electron chi connectivity index (χ0n) is 6.79. The first-order chi connectivity index (χ1) is 5.77. The van der Waals surface area contributed by atoms with Crippen molar-refractivity contribution in [3.8, 4) is 0 Å². The molecule has 0 aliphatic rings. The van der Waals surface area contributed by atoms with Crippen molar-refractivity contribution in [2.24, 2.45) is 5.84 Å². The van der Waals surface area contributed by atoms with Gasteiger partial charge in [0.1, 0.15) is 5.82 Å². The van der Waals surface area contributed by atoms with E-state index in [0.29, 0.717) is 5.82 Å². The maximum absolute atomic E-state index is 10.8. The lowest BCUT2D eigenvalue weighted by atomic mass is 10.3. The van der Waals surface area contributed by atoms with Crippen molar-refractivity contribution in [3.05, 3.63) is 11.6 Å². The van der Waals surface area contributed by atoms with Crippen LogP contribution in [0.25, 0.3) is 0 Å². The predicted molar refractivity (Wildman–Crippen MR) is 42.0 cm³/mol. The second-order valence-corrected chi connectivity index (χ2v) is 2.33. The summed E-state index contributed by atoms with van der Waals surface area (Å²) in [6, 6.07) is 0. The van der Waals surface area contributed by atoms with E-state index < -0.39 is 5.91 Å². The van der Waals surface area contributed by atoms with Gasteiger partial charge in [-0.25, -0.2) is 10.8 Å². The van der Waals surface area contributed by atoms with Crippen molar-refractivity contribution in [1.82, 2.24) is 20.6 Å². The van der Waals surface area contributed by atoms with E-state index in [2.05, 4.69) is 15.2 Å². The summed E-state index contributed by atoms with van der Waals surface area (Å²) in [5.41, 5.74) is 1.95. The fraction of sp³-hybridized carbons (Fsp3) is 0.500. The van der Waals surface area contributed by atoms with Gasteiger partial charge in [-0.15, -0.1) is 5.10 Å². The molecule has 0 saturated carbocycles. The van der Waals surface area contributed by atoms with Crippen molar-refractivity contribution in [2.75, 3.05) is 0 Å². The summed E-state index contributed by atoms with van der Waals surface area (Å²) in [5, 5.41) is 6.32. The number of nitrogens with two attached hydrogens (primary N) is 1. The number of H-pyrrole nitrogens is 1. The second kappa shape index (κ2) is 3.82. The minimum atomic E-state index is -0.478. The van der Waals surface area contributed by atoms with Crippen LogP contribution in [-0.4, -0.2) is 21.1 Å². The Hall–Kier alpha value is -1.43. The summed E-state index contributed by atoms with van der Waals surface area (Å²) in [6.45, 7) is 2.02. The molecule has 1 amide bonds. The summed E-state index contributed by atoms with van der Waals surface area (Å²) >= 11 is 0. The Labute approximate surface area is 69.5 Å². The first kappa shape index (κ1) is 8.66. The minimum Gasteiger partial charge on any atom is -0.287 e. The molecule has 1 aromatic heterocycles. The molecule has 1 rings (SSSR count). The van der Waals surface area contributed by atoms with Gasteiger partial charge in [0.15, 0.2) is 0 Å². The largest absolute Gasteiger partial charge is 0.304 e. The maximum atomic E-state index is 10.8. The van der Waals surface area contributed by atoms with E-state index in [1.54, 1.807) is 0 Å². The molecule has 0 aliphatic heterocycles. The zero-order chi connectivity index (χ0) is 8.97. The van der Waals surface area contributed by atoms with Crippen LogP contribution in [0.1, 0.15) is 29.8 Å². The Kier molecular flexibility index (Phi) is 2.76. The lowest BCUT2D eigenvalue weighted by molar-refractivity contribution is 0.0943. The summed E-state index contributed by atoms with van der Waals surface area (Å²) in [4.78, 5) is 14.8. The highest BCUT2D eigenvalue weighted by Gasteiger charge is 2.09. The predicted octanol–water partition coefficient (Wildman–Crippen LogP) is -0.639. The molecular formula is C6H11N5O. The molecule has 6 nitrogen and oxygen atoms in total. The van der Waals surface area contributed by atoms with Gasteiger partial charge in [-0.2, -0.15) is 0 Å². The Morgan fingerprint density at radius 2 is 2.50 bits per heavy atom. The molecular weight excluding hydrogens is 158 g/mol. The maximum Gasteiger partial charge on any atom is 0.304 e. The minimum absolute atomic E-state index is 0.0842. The fourth-order valence-electron chi connectivity index (χ4n) is 0.810. The second-order valence-electron chi connectivity index (χ2n) is 2.33. The number of hydrogen-bond donors (Lipinski definition) is 3. The third kappa shape index (κ3) is 1.79. The first-order valence-corrected chi connectivity index (χ1v) is 3.70. The molecule has 0 fully saturated rings. The molecule has 66 valence electrons. The van der Waals surface area contributed by atoms with Crippen LogP contribution < -0.4 is 11.3 Å². The standard InChI is InChI=1S/C6H11N5O/c1-2-3-4-8-5(11-10-4)6(12)9-7/h2-3,7H2,1H3,(H,9,12)(H,8,10,11).